The Morgan fingerprint density at radius 1 is 1.19 bits per heavy atom. The molecule has 2 aliphatic rings. The number of pyridine rings is 1. The third-order valence-electron chi connectivity index (χ3n) is 6.63. The van der Waals surface area contributed by atoms with Crippen LogP contribution in [0.3, 0.4) is 0 Å². The normalized spacial score (nSPS) is 19.8. The number of nitrogens with zero attached hydrogens (tertiary/aromatic N) is 4. The summed E-state index contributed by atoms with van der Waals surface area (Å²) in [6.45, 7) is 6.91. The molecule has 0 radical (unpaired) electrons. The van der Waals surface area contributed by atoms with E-state index in [1.807, 2.05) is 16.7 Å². The molecular weight excluding hydrogens is 402 g/mol. The number of hydrogen-bond donors (Lipinski definition) is 2. The van der Waals surface area contributed by atoms with Crippen LogP contribution in [0.25, 0.3) is 5.65 Å². The van der Waals surface area contributed by atoms with Crippen molar-refractivity contribution in [3.05, 3.63) is 65.6 Å². The molecule has 0 aliphatic carbocycles. The van der Waals surface area contributed by atoms with Crippen molar-refractivity contribution in [2.45, 2.75) is 32.4 Å². The Morgan fingerprint density at radius 2 is 2.03 bits per heavy atom. The summed E-state index contributed by atoms with van der Waals surface area (Å²) in [6, 6.07) is 12.5. The predicted octanol–water partition coefficient (Wildman–Crippen LogP) is 2.33. The molecule has 4 heterocycles. The number of hydrogen-bond acceptors (Lipinski definition) is 5. The highest BCUT2D eigenvalue weighted by Crippen LogP contribution is 2.24. The van der Waals surface area contributed by atoms with Gasteiger partial charge in [0.1, 0.15) is 11.3 Å². The smallest absolute Gasteiger partial charge is 0.271 e. The molecule has 2 aromatic heterocycles. The van der Waals surface area contributed by atoms with Crippen LogP contribution in [0.5, 0.6) is 0 Å². The van der Waals surface area contributed by atoms with Crippen molar-refractivity contribution in [3.63, 3.8) is 0 Å². The molecule has 1 aromatic carbocycles. The average Bonchev–Trinajstić information content (AvgIpc) is 3.43. The number of carbonyl (C=O) groups excluding carboxylic acids is 1. The van der Waals surface area contributed by atoms with Crippen molar-refractivity contribution >= 4 is 17.2 Å². The van der Waals surface area contributed by atoms with Gasteiger partial charge < -0.3 is 19.7 Å². The summed E-state index contributed by atoms with van der Waals surface area (Å²) in [5.41, 5.74) is 4.99. The molecule has 168 valence electrons. The first kappa shape index (κ1) is 21.0. The molecule has 1 unspecified atom stereocenters. The maximum atomic E-state index is 12.6. The standard InChI is InChI=1S/C25H31N5O2/c1-18-8-11-29(13-18)21-6-7-24-27-23(17-30(24)15-21)25(32)26-12-22(31)16-28-10-9-19-4-2-3-5-20(19)14-28/h2-7,15,17-18,22,31H,8-14,16H2,1H3,(H,26,32)/t18?,22-/m0/s1. The molecule has 0 bridgehead atoms. The lowest BCUT2D eigenvalue weighted by Crippen LogP contribution is -2.42. The molecule has 1 amide bonds. The number of fused-ring (bicyclic) bond motifs is 2. The number of β-amino-alcohol motifs (C(OH)–C–C–N with tert-alkyl or cyclic N) is 1. The molecule has 2 atom stereocenters. The minimum atomic E-state index is -0.620. The zero-order valence-corrected chi connectivity index (χ0v) is 18.6. The van der Waals surface area contributed by atoms with Crippen LogP contribution in [-0.2, 0) is 13.0 Å². The molecule has 2 N–H and O–H groups in total. The van der Waals surface area contributed by atoms with Gasteiger partial charge in [-0.15, -0.1) is 0 Å². The first-order chi connectivity index (χ1) is 15.5. The van der Waals surface area contributed by atoms with Gasteiger partial charge in [0.2, 0.25) is 0 Å². The number of nitrogens with one attached hydrogen (secondary N) is 1. The second-order valence-corrected chi connectivity index (χ2v) is 9.24. The van der Waals surface area contributed by atoms with E-state index < -0.39 is 6.10 Å². The summed E-state index contributed by atoms with van der Waals surface area (Å²) < 4.78 is 1.91. The third kappa shape index (κ3) is 4.49. The van der Waals surface area contributed by atoms with Gasteiger partial charge in [-0.1, -0.05) is 31.2 Å². The van der Waals surface area contributed by atoms with Crippen molar-refractivity contribution < 1.29 is 9.90 Å². The van der Waals surface area contributed by atoms with Crippen LogP contribution >= 0.6 is 0 Å². The maximum absolute atomic E-state index is 12.6. The monoisotopic (exact) mass is 433 g/mol. The molecular formula is C25H31N5O2. The van der Waals surface area contributed by atoms with E-state index in [1.165, 1.54) is 17.5 Å². The SMILES string of the molecule is CC1CCN(c2ccc3nc(C(=O)NC[C@H](O)CN4CCc5ccccc5C4)cn3c2)C1. The second kappa shape index (κ2) is 8.92. The Balaban J connectivity index is 1.16. The van der Waals surface area contributed by atoms with E-state index in [9.17, 15) is 9.90 Å². The Morgan fingerprint density at radius 3 is 2.84 bits per heavy atom. The van der Waals surface area contributed by atoms with Crippen LogP contribution < -0.4 is 10.2 Å². The van der Waals surface area contributed by atoms with Crippen LogP contribution in [0.2, 0.25) is 0 Å². The molecule has 0 saturated carbocycles. The van der Waals surface area contributed by atoms with E-state index in [4.69, 9.17) is 0 Å². The molecule has 1 saturated heterocycles. The lowest BCUT2D eigenvalue weighted by atomic mass is 10.00. The number of anilines is 1. The number of aliphatic hydroxyl groups is 1. The molecule has 7 nitrogen and oxygen atoms in total. The van der Waals surface area contributed by atoms with E-state index in [0.717, 1.165) is 43.9 Å². The van der Waals surface area contributed by atoms with Gasteiger partial charge in [0.25, 0.3) is 5.91 Å². The topological polar surface area (TPSA) is 73.1 Å². The van der Waals surface area contributed by atoms with Gasteiger partial charge in [0, 0.05) is 51.7 Å². The highest BCUT2D eigenvalue weighted by atomic mass is 16.3. The summed E-state index contributed by atoms with van der Waals surface area (Å²) in [4.78, 5) is 21.7. The highest BCUT2D eigenvalue weighted by molar-refractivity contribution is 5.92. The maximum Gasteiger partial charge on any atom is 0.271 e. The van der Waals surface area contributed by atoms with Crippen molar-refractivity contribution in [2.24, 2.45) is 5.92 Å². The molecule has 3 aromatic rings. The summed E-state index contributed by atoms with van der Waals surface area (Å²) in [6.07, 6.45) is 5.39. The van der Waals surface area contributed by atoms with Crippen molar-refractivity contribution in [1.82, 2.24) is 19.6 Å². The first-order valence-electron chi connectivity index (χ1n) is 11.5. The van der Waals surface area contributed by atoms with E-state index >= 15 is 0 Å². The number of aliphatic hydroxyl groups excluding tert-OH is 1. The lowest BCUT2D eigenvalue weighted by molar-refractivity contribution is 0.0838. The Kier molecular flexibility index (Phi) is 5.85. The van der Waals surface area contributed by atoms with Crippen LogP contribution in [0.1, 0.15) is 35.0 Å². The number of benzene rings is 1. The number of imidazole rings is 1. The zero-order valence-electron chi connectivity index (χ0n) is 18.6. The van der Waals surface area contributed by atoms with Gasteiger partial charge >= 0.3 is 0 Å². The minimum Gasteiger partial charge on any atom is -0.390 e. The summed E-state index contributed by atoms with van der Waals surface area (Å²) in [5.74, 6) is 0.453. The number of amides is 1. The number of rotatable bonds is 6. The lowest BCUT2D eigenvalue weighted by Gasteiger charge is -2.30. The summed E-state index contributed by atoms with van der Waals surface area (Å²) >= 11 is 0. The van der Waals surface area contributed by atoms with Crippen molar-refractivity contribution in [1.29, 1.82) is 0 Å². The Bertz CT molecular complexity index is 1110. The minimum absolute atomic E-state index is 0.210. The van der Waals surface area contributed by atoms with Crippen LogP contribution in [0, 0.1) is 5.92 Å². The highest BCUT2D eigenvalue weighted by Gasteiger charge is 2.21. The molecule has 32 heavy (non-hydrogen) atoms. The average molecular weight is 434 g/mol. The van der Waals surface area contributed by atoms with Gasteiger partial charge in [-0.2, -0.15) is 0 Å². The second-order valence-electron chi connectivity index (χ2n) is 9.24. The van der Waals surface area contributed by atoms with E-state index in [2.05, 4.69) is 57.4 Å². The van der Waals surface area contributed by atoms with E-state index in [1.54, 1.807) is 6.20 Å². The fraction of sp³-hybridized carbons (Fsp3) is 0.440. The Labute approximate surface area is 188 Å². The van der Waals surface area contributed by atoms with Crippen LogP contribution in [-0.4, -0.2) is 64.1 Å². The molecule has 1 fully saturated rings. The van der Waals surface area contributed by atoms with Crippen LogP contribution in [0.4, 0.5) is 5.69 Å². The summed E-state index contributed by atoms with van der Waals surface area (Å²) in [5, 5.41) is 13.3. The summed E-state index contributed by atoms with van der Waals surface area (Å²) in [7, 11) is 0. The van der Waals surface area contributed by atoms with E-state index in [-0.39, 0.29) is 12.5 Å². The largest absolute Gasteiger partial charge is 0.390 e. The molecule has 5 rings (SSSR count). The van der Waals surface area contributed by atoms with E-state index in [0.29, 0.717) is 18.2 Å². The van der Waals surface area contributed by atoms with Crippen molar-refractivity contribution in [3.8, 4) is 0 Å². The third-order valence-corrected chi connectivity index (χ3v) is 6.63. The number of carbonyl (C=O) groups is 1. The molecule has 2 aliphatic heterocycles. The zero-order chi connectivity index (χ0) is 22.1. The van der Waals surface area contributed by atoms with Gasteiger partial charge in [-0.05, 0) is 42.0 Å². The van der Waals surface area contributed by atoms with Crippen molar-refractivity contribution in [2.75, 3.05) is 37.6 Å². The van der Waals surface area contributed by atoms with Gasteiger partial charge in [0.05, 0.1) is 11.8 Å². The first-order valence-corrected chi connectivity index (χ1v) is 11.5. The molecule has 0 spiro atoms. The van der Waals surface area contributed by atoms with Gasteiger partial charge in [0.15, 0.2) is 0 Å². The van der Waals surface area contributed by atoms with Gasteiger partial charge in [-0.3, -0.25) is 9.69 Å². The fourth-order valence-corrected chi connectivity index (χ4v) is 4.82. The quantitative estimate of drug-likeness (QED) is 0.624. The Hall–Kier alpha value is -2.90. The predicted molar refractivity (Wildman–Crippen MR) is 125 cm³/mol. The molecule has 7 heteroatoms. The van der Waals surface area contributed by atoms with Gasteiger partial charge in [-0.25, -0.2) is 4.98 Å². The fourth-order valence-electron chi connectivity index (χ4n) is 4.82. The van der Waals surface area contributed by atoms with Crippen LogP contribution in [0.15, 0.2) is 48.8 Å². The number of aromatic nitrogens is 2.